The first-order valence-corrected chi connectivity index (χ1v) is 6.77. The van der Waals surface area contributed by atoms with E-state index in [2.05, 4.69) is 38.1 Å². The van der Waals surface area contributed by atoms with Crippen LogP contribution in [0.1, 0.15) is 30.9 Å². The predicted octanol–water partition coefficient (Wildman–Crippen LogP) is 2.90. The Morgan fingerprint density at radius 1 is 1.12 bits per heavy atom. The average molecular weight is 233 g/mol. The first kappa shape index (κ1) is 11.6. The van der Waals surface area contributed by atoms with E-state index in [0.29, 0.717) is 5.92 Å². The smallest absolute Gasteiger partial charge is 0.393 e. The fourth-order valence-corrected chi connectivity index (χ4v) is 4.03. The molecule has 0 fully saturated rings. The van der Waals surface area contributed by atoms with Gasteiger partial charge in [-0.2, -0.15) is 0 Å². The van der Waals surface area contributed by atoms with Gasteiger partial charge in [-0.15, -0.1) is 0 Å². The molecule has 0 N–H and O–H groups in total. The largest absolute Gasteiger partial charge is 0.419 e. The van der Waals surface area contributed by atoms with Crippen molar-refractivity contribution in [2.75, 3.05) is 14.2 Å². The minimum atomic E-state index is -1.28. The lowest BCUT2D eigenvalue weighted by atomic mass is 10.0. The van der Waals surface area contributed by atoms with E-state index in [0.717, 1.165) is 0 Å². The van der Waals surface area contributed by atoms with Crippen molar-refractivity contribution in [1.82, 2.24) is 0 Å². The number of benzene rings is 1. The lowest BCUT2D eigenvalue weighted by molar-refractivity contribution is 0.285. The summed E-state index contributed by atoms with van der Waals surface area (Å²) < 4.78 is 11.0. The van der Waals surface area contributed by atoms with Gasteiger partial charge in [0.15, 0.2) is 0 Å². The van der Waals surface area contributed by atoms with Gasteiger partial charge in [-0.25, -0.2) is 0 Å². The second-order valence-corrected chi connectivity index (χ2v) is 5.97. The van der Waals surface area contributed by atoms with Crippen molar-refractivity contribution in [3.05, 3.63) is 40.6 Å². The van der Waals surface area contributed by atoms with E-state index in [1.807, 2.05) is 0 Å². The van der Waals surface area contributed by atoms with Gasteiger partial charge in [0.1, 0.15) is 0 Å². The Morgan fingerprint density at radius 2 is 1.75 bits per heavy atom. The quantitative estimate of drug-likeness (QED) is 0.747. The molecule has 1 atom stereocenters. The molecule has 16 heavy (non-hydrogen) atoms. The Hall–Kier alpha value is -0.903. The minimum Gasteiger partial charge on any atom is -0.393 e. The molecule has 0 spiro atoms. The third-order valence-corrected chi connectivity index (χ3v) is 5.25. The summed E-state index contributed by atoms with van der Waals surface area (Å²) in [7, 11) is 2.17. The fourth-order valence-electron chi connectivity index (χ4n) is 2.47. The zero-order valence-electron chi connectivity index (χ0n) is 10.2. The van der Waals surface area contributed by atoms with E-state index in [-0.39, 0.29) is 0 Å². The second kappa shape index (κ2) is 4.53. The molecule has 0 saturated carbocycles. The molecule has 1 radical (unpaired) electrons. The Morgan fingerprint density at radius 3 is 2.31 bits per heavy atom. The Kier molecular flexibility index (Phi) is 3.28. The number of fused-ring (bicyclic) bond motifs is 1. The molecule has 1 unspecified atom stereocenters. The van der Waals surface area contributed by atoms with E-state index in [1.54, 1.807) is 14.2 Å². The first-order valence-electron chi connectivity index (χ1n) is 5.46. The summed E-state index contributed by atoms with van der Waals surface area (Å²) in [6.45, 7) is 4.40. The summed E-state index contributed by atoms with van der Waals surface area (Å²) in [6.07, 6.45) is 0. The maximum absolute atomic E-state index is 5.48. The SMILES string of the molecule is CO[Si](OC)C1=C(C)c2ccccc2C1C. The molecule has 1 aromatic carbocycles. The van der Waals surface area contributed by atoms with Crippen molar-refractivity contribution in [3.8, 4) is 0 Å². The van der Waals surface area contributed by atoms with Crippen molar-refractivity contribution in [1.29, 1.82) is 0 Å². The molecule has 0 heterocycles. The molecule has 0 aromatic heterocycles. The minimum absolute atomic E-state index is 0.421. The van der Waals surface area contributed by atoms with Crippen molar-refractivity contribution >= 4 is 14.9 Å². The van der Waals surface area contributed by atoms with Gasteiger partial charge in [-0.05, 0) is 28.8 Å². The zero-order valence-corrected chi connectivity index (χ0v) is 11.2. The molecule has 85 valence electrons. The maximum atomic E-state index is 5.48. The predicted molar refractivity (Wildman–Crippen MR) is 67.2 cm³/mol. The van der Waals surface area contributed by atoms with E-state index < -0.39 is 9.28 Å². The van der Waals surface area contributed by atoms with Crippen LogP contribution in [0.3, 0.4) is 0 Å². The third-order valence-electron chi connectivity index (χ3n) is 3.26. The number of allylic oxidation sites excluding steroid dienone is 2. The molecule has 0 amide bonds. The highest BCUT2D eigenvalue weighted by Crippen LogP contribution is 2.42. The average Bonchev–Trinajstić information content (AvgIpc) is 2.57. The lowest BCUT2D eigenvalue weighted by Gasteiger charge is -2.16. The number of rotatable bonds is 3. The van der Waals surface area contributed by atoms with Crippen LogP contribution in [0.4, 0.5) is 0 Å². The molecule has 0 bridgehead atoms. The van der Waals surface area contributed by atoms with Gasteiger partial charge in [0, 0.05) is 20.1 Å². The van der Waals surface area contributed by atoms with Crippen LogP contribution in [0.25, 0.3) is 5.57 Å². The van der Waals surface area contributed by atoms with Gasteiger partial charge in [-0.3, -0.25) is 0 Å². The van der Waals surface area contributed by atoms with E-state index in [4.69, 9.17) is 8.85 Å². The molecule has 1 aliphatic rings. The van der Waals surface area contributed by atoms with Gasteiger partial charge in [-0.1, -0.05) is 31.2 Å². The molecule has 1 aromatic rings. The Labute approximate surface area is 98.7 Å². The maximum Gasteiger partial charge on any atom is 0.419 e. The second-order valence-electron chi connectivity index (χ2n) is 4.04. The van der Waals surface area contributed by atoms with Crippen molar-refractivity contribution < 1.29 is 8.85 Å². The topological polar surface area (TPSA) is 18.5 Å². The standard InChI is InChI=1S/C13H17O2Si/c1-9-11-7-5-6-8-12(11)10(2)13(9)16(14-3)15-4/h5-9H,1-4H3. The highest BCUT2D eigenvalue weighted by Gasteiger charge is 2.33. The van der Waals surface area contributed by atoms with Crippen LogP contribution in [0.5, 0.6) is 0 Å². The van der Waals surface area contributed by atoms with Crippen LogP contribution < -0.4 is 0 Å². The molecule has 0 saturated heterocycles. The molecule has 2 rings (SSSR count). The van der Waals surface area contributed by atoms with Gasteiger partial charge < -0.3 is 8.85 Å². The van der Waals surface area contributed by atoms with Crippen LogP contribution in [-0.4, -0.2) is 23.5 Å². The molecule has 1 aliphatic carbocycles. The summed E-state index contributed by atoms with van der Waals surface area (Å²) in [4.78, 5) is 0. The van der Waals surface area contributed by atoms with Crippen LogP contribution in [0, 0.1) is 0 Å². The van der Waals surface area contributed by atoms with Crippen LogP contribution in [0.2, 0.25) is 0 Å². The van der Waals surface area contributed by atoms with E-state index in [1.165, 1.54) is 21.9 Å². The van der Waals surface area contributed by atoms with E-state index in [9.17, 15) is 0 Å². The van der Waals surface area contributed by atoms with Crippen molar-refractivity contribution in [2.45, 2.75) is 19.8 Å². The number of hydrogen-bond acceptors (Lipinski definition) is 2. The van der Waals surface area contributed by atoms with Gasteiger partial charge in [0.05, 0.1) is 0 Å². The van der Waals surface area contributed by atoms with Gasteiger partial charge in [0.25, 0.3) is 0 Å². The Bertz CT molecular complexity index is 422. The molecular formula is C13H17O2Si. The fraction of sp³-hybridized carbons (Fsp3) is 0.385. The van der Waals surface area contributed by atoms with Crippen molar-refractivity contribution in [3.63, 3.8) is 0 Å². The molecule has 0 aliphatic heterocycles. The van der Waals surface area contributed by atoms with Crippen LogP contribution in [0.15, 0.2) is 29.5 Å². The zero-order chi connectivity index (χ0) is 11.7. The molecule has 2 nitrogen and oxygen atoms in total. The molecule has 3 heteroatoms. The monoisotopic (exact) mass is 233 g/mol. The van der Waals surface area contributed by atoms with Crippen molar-refractivity contribution in [2.24, 2.45) is 0 Å². The third kappa shape index (κ3) is 1.65. The summed E-state index contributed by atoms with van der Waals surface area (Å²) in [5, 5.41) is 1.34. The highest BCUT2D eigenvalue weighted by atomic mass is 28.3. The Balaban J connectivity index is 2.47. The van der Waals surface area contributed by atoms with Gasteiger partial charge >= 0.3 is 9.28 Å². The first-order chi connectivity index (χ1) is 7.70. The van der Waals surface area contributed by atoms with Crippen LogP contribution in [-0.2, 0) is 8.85 Å². The lowest BCUT2D eigenvalue weighted by Crippen LogP contribution is -2.24. The van der Waals surface area contributed by atoms with Crippen LogP contribution >= 0.6 is 0 Å². The summed E-state index contributed by atoms with van der Waals surface area (Å²) in [5.41, 5.74) is 4.08. The highest BCUT2D eigenvalue weighted by molar-refractivity contribution is 6.56. The number of hydrogen-bond donors (Lipinski definition) is 0. The van der Waals surface area contributed by atoms with Gasteiger partial charge in [0.2, 0.25) is 0 Å². The summed E-state index contributed by atoms with van der Waals surface area (Å²) in [5.74, 6) is 0.421. The summed E-state index contributed by atoms with van der Waals surface area (Å²) >= 11 is 0. The summed E-state index contributed by atoms with van der Waals surface area (Å²) in [6, 6.07) is 8.56. The van der Waals surface area contributed by atoms with E-state index >= 15 is 0 Å². The normalized spacial score (nSPS) is 19.4. The molecular weight excluding hydrogens is 216 g/mol.